The number of amidine groups is 1. The van der Waals surface area contributed by atoms with Crippen LogP contribution in [-0.4, -0.2) is 49.1 Å². The Morgan fingerprint density at radius 3 is 2.86 bits per heavy atom. The maximum absolute atomic E-state index is 12.2. The van der Waals surface area contributed by atoms with Gasteiger partial charge < -0.3 is 20.3 Å². The van der Waals surface area contributed by atoms with Gasteiger partial charge in [-0.1, -0.05) is 12.1 Å². The first-order chi connectivity index (χ1) is 13.3. The van der Waals surface area contributed by atoms with E-state index in [2.05, 4.69) is 10.3 Å². The normalized spacial score (nSPS) is 18.1. The molecule has 0 saturated heterocycles. The van der Waals surface area contributed by atoms with E-state index >= 15 is 0 Å². The maximum Gasteiger partial charge on any atom is 0.405 e. The number of alkyl halides is 3. The first-order valence-corrected chi connectivity index (χ1v) is 8.29. The third-order valence-electron chi connectivity index (χ3n) is 4.13. The number of fused-ring (bicyclic) bond motifs is 1. The largest absolute Gasteiger partial charge is 0.465 e. The molecule has 0 saturated carbocycles. The Kier molecular flexibility index (Phi) is 5.39. The van der Waals surface area contributed by atoms with Gasteiger partial charge in [0.25, 0.3) is 0 Å². The average molecular weight is 394 g/mol. The smallest absolute Gasteiger partial charge is 0.405 e. The summed E-state index contributed by atoms with van der Waals surface area (Å²) in [6, 6.07) is 5.66. The lowest BCUT2D eigenvalue weighted by Gasteiger charge is -2.26. The number of carbonyl (C=O) groups excluding carboxylic acids is 2. The van der Waals surface area contributed by atoms with Crippen LogP contribution < -0.4 is 10.6 Å². The van der Waals surface area contributed by atoms with E-state index in [0.29, 0.717) is 23.6 Å². The molecular formula is C18H17F3N4O3. The number of urea groups is 1. The number of hydrogen-bond donors (Lipinski definition) is 2. The molecule has 28 heavy (non-hydrogen) atoms. The molecule has 10 heteroatoms. The average Bonchev–Trinajstić information content (AvgIpc) is 3.08. The lowest BCUT2D eigenvalue weighted by atomic mass is 10.0. The highest BCUT2D eigenvalue weighted by molar-refractivity contribution is 6.05. The Bertz CT molecular complexity index is 877. The molecule has 0 aliphatic carbocycles. The third kappa shape index (κ3) is 4.51. The van der Waals surface area contributed by atoms with Gasteiger partial charge in [0.05, 0.1) is 25.3 Å². The van der Waals surface area contributed by atoms with Crippen LogP contribution in [0.15, 0.2) is 53.2 Å². The Labute approximate surface area is 158 Å². The summed E-state index contributed by atoms with van der Waals surface area (Å²) in [5, 5.41) is 4.14. The predicted octanol–water partition coefficient (Wildman–Crippen LogP) is 2.75. The van der Waals surface area contributed by atoms with E-state index in [9.17, 15) is 22.8 Å². The summed E-state index contributed by atoms with van der Waals surface area (Å²) in [5.74, 6) is 0.146. The fourth-order valence-corrected chi connectivity index (χ4v) is 2.85. The van der Waals surface area contributed by atoms with Crippen molar-refractivity contribution in [3.05, 3.63) is 53.8 Å². The van der Waals surface area contributed by atoms with E-state index in [1.165, 1.54) is 7.11 Å². The minimum Gasteiger partial charge on any atom is -0.465 e. The van der Waals surface area contributed by atoms with Gasteiger partial charge >= 0.3 is 18.2 Å². The Morgan fingerprint density at radius 1 is 1.36 bits per heavy atom. The summed E-state index contributed by atoms with van der Waals surface area (Å²) in [7, 11) is 1.30. The van der Waals surface area contributed by atoms with Gasteiger partial charge in [-0.2, -0.15) is 13.2 Å². The number of rotatable bonds is 4. The van der Waals surface area contributed by atoms with Crippen molar-refractivity contribution in [3.63, 3.8) is 0 Å². The van der Waals surface area contributed by atoms with Crippen LogP contribution in [0.2, 0.25) is 0 Å². The van der Waals surface area contributed by atoms with Crippen LogP contribution in [-0.2, 0) is 9.53 Å². The van der Waals surface area contributed by atoms with Crippen molar-refractivity contribution in [1.29, 1.82) is 0 Å². The topological polar surface area (TPSA) is 83.0 Å². The Hall–Kier alpha value is -3.30. The highest BCUT2D eigenvalue weighted by atomic mass is 19.4. The predicted molar refractivity (Wildman–Crippen MR) is 95.6 cm³/mol. The number of benzene rings is 1. The molecule has 2 aliphatic heterocycles. The van der Waals surface area contributed by atoms with Crippen LogP contribution in [0.25, 0.3) is 0 Å². The molecular weight excluding hydrogens is 377 g/mol. The number of halogens is 3. The fraction of sp³-hybridized carbons (Fsp3) is 0.278. The number of carbonyl (C=O) groups is 2. The standard InChI is InChI=1S/C18H17F3N4O3/c1-28-16(26)12-5-6-25-14(9-22-15(25)8-12)11-3-2-4-13(7-11)24-17(27)23-10-18(19,20)21/h2-8,14H,9-10H2,1H3,(H2,23,24,27). The van der Waals surface area contributed by atoms with Gasteiger partial charge in [-0.15, -0.1) is 0 Å². The van der Waals surface area contributed by atoms with Gasteiger partial charge in [-0.05, 0) is 29.8 Å². The summed E-state index contributed by atoms with van der Waals surface area (Å²) in [6.07, 6.45) is 0.487. The van der Waals surface area contributed by atoms with Crippen LogP contribution in [0.5, 0.6) is 0 Å². The van der Waals surface area contributed by atoms with E-state index in [1.807, 2.05) is 11.0 Å². The number of methoxy groups -OCH3 is 1. The molecule has 148 valence electrons. The van der Waals surface area contributed by atoms with Gasteiger partial charge in [0.1, 0.15) is 12.4 Å². The fourth-order valence-electron chi connectivity index (χ4n) is 2.85. The monoisotopic (exact) mass is 394 g/mol. The zero-order valence-electron chi connectivity index (χ0n) is 14.8. The van der Waals surface area contributed by atoms with Crippen molar-refractivity contribution in [2.24, 2.45) is 4.99 Å². The number of hydrogen-bond acceptors (Lipinski definition) is 5. The lowest BCUT2D eigenvalue weighted by molar-refractivity contribution is -0.135. The molecule has 1 atom stereocenters. The van der Waals surface area contributed by atoms with Crippen molar-refractivity contribution in [1.82, 2.24) is 10.2 Å². The van der Waals surface area contributed by atoms with Crippen molar-refractivity contribution < 1.29 is 27.5 Å². The molecule has 2 heterocycles. The second-order valence-electron chi connectivity index (χ2n) is 6.08. The number of ether oxygens (including phenoxy) is 1. The molecule has 2 amide bonds. The third-order valence-corrected chi connectivity index (χ3v) is 4.13. The summed E-state index contributed by atoms with van der Waals surface area (Å²) >= 11 is 0. The van der Waals surface area contributed by atoms with E-state index in [1.54, 1.807) is 41.9 Å². The van der Waals surface area contributed by atoms with Crippen molar-refractivity contribution >= 4 is 23.5 Å². The van der Waals surface area contributed by atoms with Crippen LogP contribution in [0, 0.1) is 0 Å². The zero-order valence-corrected chi connectivity index (χ0v) is 14.8. The van der Waals surface area contributed by atoms with Crippen LogP contribution in [0.4, 0.5) is 23.7 Å². The Morgan fingerprint density at radius 2 is 2.14 bits per heavy atom. The molecule has 1 unspecified atom stereocenters. The molecule has 0 bridgehead atoms. The summed E-state index contributed by atoms with van der Waals surface area (Å²) in [5.41, 5.74) is 1.55. The molecule has 0 fully saturated rings. The summed E-state index contributed by atoms with van der Waals surface area (Å²) in [4.78, 5) is 29.6. The van der Waals surface area contributed by atoms with Crippen molar-refractivity contribution in [2.75, 3.05) is 25.5 Å². The first kappa shape index (κ1) is 19.5. The van der Waals surface area contributed by atoms with E-state index < -0.39 is 24.7 Å². The molecule has 7 nitrogen and oxygen atoms in total. The van der Waals surface area contributed by atoms with Gasteiger partial charge in [0, 0.05) is 11.9 Å². The second-order valence-corrected chi connectivity index (χ2v) is 6.08. The highest BCUT2D eigenvalue weighted by Crippen LogP contribution is 2.31. The minimum atomic E-state index is -4.48. The highest BCUT2D eigenvalue weighted by Gasteiger charge is 2.30. The first-order valence-electron chi connectivity index (χ1n) is 8.29. The molecule has 0 radical (unpaired) electrons. The molecule has 1 aromatic carbocycles. The van der Waals surface area contributed by atoms with E-state index in [0.717, 1.165) is 5.56 Å². The molecule has 1 aromatic rings. The zero-order chi connectivity index (χ0) is 20.3. The number of esters is 1. The number of nitrogens with one attached hydrogen (secondary N) is 2. The van der Waals surface area contributed by atoms with Gasteiger partial charge in [0.15, 0.2) is 0 Å². The van der Waals surface area contributed by atoms with E-state index in [4.69, 9.17) is 4.74 Å². The van der Waals surface area contributed by atoms with Crippen molar-refractivity contribution in [3.8, 4) is 0 Å². The molecule has 2 N–H and O–H groups in total. The number of anilines is 1. The van der Waals surface area contributed by atoms with E-state index in [-0.39, 0.29) is 6.04 Å². The van der Waals surface area contributed by atoms with Gasteiger partial charge in [-0.3, -0.25) is 4.99 Å². The molecule has 2 aliphatic rings. The number of aliphatic imine (C=N–C) groups is 1. The van der Waals surface area contributed by atoms with Crippen LogP contribution >= 0.6 is 0 Å². The second kappa shape index (κ2) is 7.75. The van der Waals surface area contributed by atoms with Crippen molar-refractivity contribution in [2.45, 2.75) is 12.2 Å². The summed E-state index contributed by atoms with van der Waals surface area (Å²) < 4.78 is 41.2. The van der Waals surface area contributed by atoms with Crippen LogP contribution in [0.1, 0.15) is 11.6 Å². The number of amides is 2. The maximum atomic E-state index is 12.2. The molecule has 0 spiro atoms. The lowest BCUT2D eigenvalue weighted by Crippen LogP contribution is -2.36. The molecule has 3 rings (SSSR count). The minimum absolute atomic E-state index is 0.165. The van der Waals surface area contributed by atoms with Gasteiger partial charge in [0.2, 0.25) is 0 Å². The van der Waals surface area contributed by atoms with Crippen LogP contribution in [0.3, 0.4) is 0 Å². The number of nitrogens with zero attached hydrogens (tertiary/aromatic N) is 2. The summed E-state index contributed by atoms with van der Waals surface area (Å²) in [6.45, 7) is -0.986. The Balaban J connectivity index is 1.67. The quantitative estimate of drug-likeness (QED) is 0.770. The van der Waals surface area contributed by atoms with Gasteiger partial charge in [-0.25, -0.2) is 9.59 Å². The molecule has 0 aromatic heterocycles. The SMILES string of the molecule is COC(=O)C1=CC2=NCC(c3cccc(NC(=O)NCC(F)(F)F)c3)N2C=C1.